The van der Waals surface area contributed by atoms with Gasteiger partial charge in [-0.15, -0.1) is 0 Å². The molecule has 3 rings (SSSR count). The molecule has 1 saturated carbocycles. The van der Waals surface area contributed by atoms with Crippen LogP contribution in [0.25, 0.3) is 0 Å². The average molecular weight is 365 g/mol. The second kappa shape index (κ2) is 6.14. The molecule has 1 saturated heterocycles. The van der Waals surface area contributed by atoms with Crippen molar-refractivity contribution in [1.82, 2.24) is 10.2 Å². The number of urea groups is 1. The van der Waals surface area contributed by atoms with Crippen LogP contribution >= 0.6 is 0 Å². The van der Waals surface area contributed by atoms with E-state index in [4.69, 9.17) is 0 Å². The average Bonchev–Trinajstić information content (AvgIpc) is 3.08. The Balaban J connectivity index is 1.69. The predicted octanol–water partition coefficient (Wildman–Crippen LogP) is 0.893. The van der Waals surface area contributed by atoms with E-state index < -0.39 is 33.9 Å². The van der Waals surface area contributed by atoms with Crippen molar-refractivity contribution in [2.75, 3.05) is 18.1 Å². The third-order valence-corrected chi connectivity index (χ3v) is 5.66. The second-order valence-corrected chi connectivity index (χ2v) is 8.47. The van der Waals surface area contributed by atoms with Crippen LogP contribution in [0.4, 0.5) is 10.5 Å². The van der Waals surface area contributed by atoms with Gasteiger partial charge in [-0.25, -0.2) is 13.2 Å². The summed E-state index contributed by atoms with van der Waals surface area (Å²) in [6, 6.07) is 5.24. The number of carbonyl (C=O) groups excluding carboxylic acids is 3. The SMILES string of the molecule is CS(=O)(=O)c1cccc(NC(=O)CN2C(=O)NC3(CCCC3)C2=O)c1. The van der Waals surface area contributed by atoms with Gasteiger partial charge in [-0.05, 0) is 31.0 Å². The minimum atomic E-state index is -3.40. The normalized spacial score (nSPS) is 19.3. The Bertz CT molecular complexity index is 843. The Hall–Kier alpha value is -2.42. The van der Waals surface area contributed by atoms with Gasteiger partial charge < -0.3 is 10.6 Å². The van der Waals surface area contributed by atoms with Crippen molar-refractivity contribution in [2.24, 2.45) is 0 Å². The molecule has 1 aliphatic carbocycles. The minimum absolute atomic E-state index is 0.0743. The lowest BCUT2D eigenvalue weighted by atomic mass is 9.98. The van der Waals surface area contributed by atoms with Crippen LogP contribution in [0.15, 0.2) is 29.2 Å². The zero-order chi connectivity index (χ0) is 18.2. The van der Waals surface area contributed by atoms with E-state index in [2.05, 4.69) is 10.6 Å². The van der Waals surface area contributed by atoms with Crippen LogP contribution in [0.2, 0.25) is 0 Å². The first-order valence-corrected chi connectivity index (χ1v) is 9.84. The van der Waals surface area contributed by atoms with Gasteiger partial charge in [0.25, 0.3) is 5.91 Å². The van der Waals surface area contributed by atoms with Gasteiger partial charge in [0.1, 0.15) is 12.1 Å². The fourth-order valence-corrected chi connectivity index (χ4v) is 3.95. The van der Waals surface area contributed by atoms with Crippen molar-refractivity contribution in [3.8, 4) is 0 Å². The summed E-state index contributed by atoms with van der Waals surface area (Å²) in [6.45, 7) is -0.407. The first-order valence-electron chi connectivity index (χ1n) is 7.95. The molecule has 1 aromatic carbocycles. The molecule has 1 spiro atoms. The molecule has 0 aromatic heterocycles. The maximum Gasteiger partial charge on any atom is 0.325 e. The zero-order valence-corrected chi connectivity index (χ0v) is 14.6. The molecule has 1 heterocycles. The first kappa shape index (κ1) is 17.4. The molecule has 9 heteroatoms. The number of nitrogens with one attached hydrogen (secondary N) is 2. The Labute approximate surface area is 145 Å². The fourth-order valence-electron chi connectivity index (χ4n) is 3.29. The summed E-state index contributed by atoms with van der Waals surface area (Å²) in [5.41, 5.74) is -0.566. The number of imide groups is 1. The molecule has 4 amide bonds. The van der Waals surface area contributed by atoms with Crippen LogP contribution in [0.5, 0.6) is 0 Å². The van der Waals surface area contributed by atoms with Gasteiger partial charge in [-0.1, -0.05) is 18.9 Å². The molecule has 134 valence electrons. The summed E-state index contributed by atoms with van der Waals surface area (Å²) < 4.78 is 23.1. The lowest BCUT2D eigenvalue weighted by molar-refractivity contribution is -0.133. The lowest BCUT2D eigenvalue weighted by Crippen LogP contribution is -2.44. The molecule has 2 aliphatic rings. The van der Waals surface area contributed by atoms with E-state index in [9.17, 15) is 22.8 Å². The van der Waals surface area contributed by atoms with Crippen molar-refractivity contribution >= 4 is 33.4 Å². The number of hydrogen-bond donors (Lipinski definition) is 2. The molecule has 0 bridgehead atoms. The highest BCUT2D eigenvalue weighted by Gasteiger charge is 2.52. The number of benzene rings is 1. The first-order chi connectivity index (χ1) is 11.7. The zero-order valence-electron chi connectivity index (χ0n) is 13.7. The van der Waals surface area contributed by atoms with Crippen molar-refractivity contribution in [3.63, 3.8) is 0 Å². The summed E-state index contributed by atoms with van der Waals surface area (Å²) in [5, 5.41) is 5.23. The molecule has 0 atom stereocenters. The summed E-state index contributed by atoms with van der Waals surface area (Å²) in [4.78, 5) is 37.7. The van der Waals surface area contributed by atoms with Crippen LogP contribution in [-0.4, -0.2) is 49.5 Å². The van der Waals surface area contributed by atoms with Gasteiger partial charge in [0.15, 0.2) is 9.84 Å². The Kier molecular flexibility index (Phi) is 4.28. The number of sulfone groups is 1. The highest BCUT2D eigenvalue weighted by atomic mass is 32.2. The van der Waals surface area contributed by atoms with Gasteiger partial charge >= 0.3 is 6.03 Å². The molecule has 1 aromatic rings. The number of carbonyl (C=O) groups is 3. The standard InChI is InChI=1S/C16H19N3O5S/c1-25(23,24)12-6-4-5-11(9-12)17-13(20)10-19-14(21)16(18-15(19)22)7-2-3-8-16/h4-6,9H,2-3,7-8,10H2,1H3,(H,17,20)(H,18,22). The predicted molar refractivity (Wildman–Crippen MR) is 89.6 cm³/mol. The van der Waals surface area contributed by atoms with Gasteiger partial charge in [0.2, 0.25) is 5.91 Å². The van der Waals surface area contributed by atoms with Crippen LogP contribution in [0, 0.1) is 0 Å². The maximum atomic E-state index is 12.5. The lowest BCUT2D eigenvalue weighted by Gasteiger charge is -2.19. The van der Waals surface area contributed by atoms with Crippen LogP contribution in [0.3, 0.4) is 0 Å². The molecule has 8 nitrogen and oxygen atoms in total. The van der Waals surface area contributed by atoms with E-state index in [1.54, 1.807) is 0 Å². The third kappa shape index (κ3) is 3.37. The molecule has 0 radical (unpaired) electrons. The molecule has 0 unspecified atom stereocenters. The Morgan fingerprint density at radius 1 is 1.28 bits per heavy atom. The van der Waals surface area contributed by atoms with E-state index in [-0.39, 0.29) is 16.5 Å². The number of nitrogens with zero attached hydrogens (tertiary/aromatic N) is 1. The number of anilines is 1. The monoisotopic (exact) mass is 365 g/mol. The van der Waals surface area contributed by atoms with E-state index in [1.165, 1.54) is 24.3 Å². The quantitative estimate of drug-likeness (QED) is 0.770. The van der Waals surface area contributed by atoms with Crippen LogP contribution < -0.4 is 10.6 Å². The molecule has 2 N–H and O–H groups in total. The van der Waals surface area contributed by atoms with Gasteiger partial charge in [-0.3, -0.25) is 14.5 Å². The van der Waals surface area contributed by atoms with Crippen molar-refractivity contribution in [1.29, 1.82) is 0 Å². The summed E-state index contributed by atoms with van der Waals surface area (Å²) in [5.74, 6) is -0.931. The highest BCUT2D eigenvalue weighted by Crippen LogP contribution is 2.34. The van der Waals surface area contributed by atoms with E-state index >= 15 is 0 Å². The van der Waals surface area contributed by atoms with Gasteiger partial charge in [0.05, 0.1) is 4.90 Å². The van der Waals surface area contributed by atoms with Crippen LogP contribution in [0.1, 0.15) is 25.7 Å². The third-order valence-electron chi connectivity index (χ3n) is 4.55. The highest BCUT2D eigenvalue weighted by molar-refractivity contribution is 7.90. The van der Waals surface area contributed by atoms with E-state index in [0.717, 1.165) is 24.0 Å². The summed E-state index contributed by atoms with van der Waals surface area (Å²) >= 11 is 0. The Morgan fingerprint density at radius 3 is 2.60 bits per heavy atom. The summed E-state index contributed by atoms with van der Waals surface area (Å²) in [6.07, 6.45) is 3.98. The second-order valence-electron chi connectivity index (χ2n) is 6.46. The fraction of sp³-hybridized carbons (Fsp3) is 0.438. The van der Waals surface area contributed by atoms with Crippen LogP contribution in [-0.2, 0) is 19.4 Å². The topological polar surface area (TPSA) is 113 Å². The smallest absolute Gasteiger partial charge is 0.324 e. The molecule has 2 fully saturated rings. The number of amides is 4. The van der Waals surface area contributed by atoms with Crippen molar-refractivity contribution in [2.45, 2.75) is 36.1 Å². The minimum Gasteiger partial charge on any atom is -0.324 e. The molecule has 1 aliphatic heterocycles. The van der Waals surface area contributed by atoms with Gasteiger partial charge in [0, 0.05) is 11.9 Å². The molecular weight excluding hydrogens is 346 g/mol. The van der Waals surface area contributed by atoms with E-state index in [1.807, 2.05) is 0 Å². The largest absolute Gasteiger partial charge is 0.325 e. The summed E-state index contributed by atoms with van der Waals surface area (Å²) in [7, 11) is -3.40. The van der Waals surface area contributed by atoms with E-state index in [0.29, 0.717) is 12.8 Å². The Morgan fingerprint density at radius 2 is 1.96 bits per heavy atom. The number of rotatable bonds is 4. The van der Waals surface area contributed by atoms with Crippen molar-refractivity contribution < 1.29 is 22.8 Å². The molecular formula is C16H19N3O5S. The number of hydrogen-bond acceptors (Lipinski definition) is 5. The maximum absolute atomic E-state index is 12.5. The molecule has 25 heavy (non-hydrogen) atoms. The van der Waals surface area contributed by atoms with Gasteiger partial charge in [-0.2, -0.15) is 0 Å². The van der Waals surface area contributed by atoms with Crippen molar-refractivity contribution in [3.05, 3.63) is 24.3 Å².